The molecule has 0 aliphatic heterocycles. The Hall–Kier alpha value is -0.900. The van der Waals surface area contributed by atoms with Crippen molar-refractivity contribution in [1.82, 2.24) is 5.32 Å². The molecule has 3 heteroatoms. The molecule has 0 amide bonds. The maximum Gasteiger partial charge on any atom is 0.0444 e. The summed E-state index contributed by atoms with van der Waals surface area (Å²) in [5.74, 6) is 0. The lowest BCUT2D eigenvalue weighted by molar-refractivity contribution is 0.282. The molecule has 1 rings (SSSR count). The van der Waals surface area contributed by atoms with E-state index >= 15 is 0 Å². The SMILES string of the molecule is Cc1cc(C)cc(C(CN)NCCCCO)c1. The number of hydrogen-bond acceptors (Lipinski definition) is 3. The van der Waals surface area contributed by atoms with Crippen LogP contribution in [0.15, 0.2) is 18.2 Å². The third kappa shape index (κ3) is 4.86. The van der Waals surface area contributed by atoms with E-state index in [4.69, 9.17) is 10.8 Å². The largest absolute Gasteiger partial charge is 0.396 e. The van der Waals surface area contributed by atoms with Crippen LogP contribution in [0.4, 0.5) is 0 Å². The molecule has 0 bridgehead atoms. The number of rotatable bonds is 7. The minimum Gasteiger partial charge on any atom is -0.396 e. The van der Waals surface area contributed by atoms with Gasteiger partial charge in [-0.15, -0.1) is 0 Å². The van der Waals surface area contributed by atoms with Crippen molar-refractivity contribution in [3.05, 3.63) is 34.9 Å². The number of aryl methyl sites for hydroxylation is 2. The van der Waals surface area contributed by atoms with Crippen LogP contribution in [0, 0.1) is 13.8 Å². The van der Waals surface area contributed by atoms with Gasteiger partial charge in [0.05, 0.1) is 0 Å². The van der Waals surface area contributed by atoms with Crippen molar-refractivity contribution >= 4 is 0 Å². The molecule has 0 radical (unpaired) electrons. The molecule has 0 fully saturated rings. The van der Waals surface area contributed by atoms with Gasteiger partial charge in [-0.05, 0) is 38.8 Å². The molecule has 0 saturated carbocycles. The van der Waals surface area contributed by atoms with E-state index in [1.807, 2.05) is 0 Å². The molecule has 4 N–H and O–H groups in total. The third-order valence-corrected chi connectivity index (χ3v) is 2.86. The minimum atomic E-state index is 0.215. The van der Waals surface area contributed by atoms with Gasteiger partial charge in [-0.3, -0.25) is 0 Å². The number of unbranched alkanes of at least 4 members (excludes halogenated alkanes) is 1. The summed E-state index contributed by atoms with van der Waals surface area (Å²) in [6.07, 6.45) is 1.83. The van der Waals surface area contributed by atoms with Gasteiger partial charge in [0, 0.05) is 19.2 Å². The van der Waals surface area contributed by atoms with Crippen molar-refractivity contribution in [2.45, 2.75) is 32.7 Å². The van der Waals surface area contributed by atoms with Crippen LogP contribution in [0.5, 0.6) is 0 Å². The number of aliphatic hydroxyl groups is 1. The highest BCUT2D eigenvalue weighted by Crippen LogP contribution is 2.16. The summed E-state index contributed by atoms with van der Waals surface area (Å²) in [6, 6.07) is 6.75. The highest BCUT2D eigenvalue weighted by Gasteiger charge is 2.09. The molecule has 0 saturated heterocycles. The number of hydrogen-bond donors (Lipinski definition) is 3. The van der Waals surface area contributed by atoms with E-state index < -0.39 is 0 Å². The van der Waals surface area contributed by atoms with Gasteiger partial charge in [-0.1, -0.05) is 29.3 Å². The highest BCUT2D eigenvalue weighted by atomic mass is 16.2. The Morgan fingerprint density at radius 1 is 1.18 bits per heavy atom. The molecule has 0 heterocycles. The van der Waals surface area contributed by atoms with Crippen LogP contribution in [-0.4, -0.2) is 24.8 Å². The number of benzene rings is 1. The first-order chi connectivity index (χ1) is 8.17. The fraction of sp³-hybridized carbons (Fsp3) is 0.571. The first-order valence-electron chi connectivity index (χ1n) is 6.30. The molecule has 3 nitrogen and oxygen atoms in total. The monoisotopic (exact) mass is 236 g/mol. The molecule has 1 atom stereocenters. The normalized spacial score (nSPS) is 12.7. The zero-order valence-electron chi connectivity index (χ0n) is 10.9. The first kappa shape index (κ1) is 14.2. The molecule has 1 aromatic carbocycles. The predicted octanol–water partition coefficient (Wildman–Crippen LogP) is 1.67. The third-order valence-electron chi connectivity index (χ3n) is 2.86. The smallest absolute Gasteiger partial charge is 0.0444 e. The summed E-state index contributed by atoms with van der Waals surface area (Å²) in [4.78, 5) is 0. The van der Waals surface area contributed by atoms with Crippen molar-refractivity contribution in [1.29, 1.82) is 0 Å². The molecule has 1 unspecified atom stereocenters. The molecular weight excluding hydrogens is 212 g/mol. The highest BCUT2D eigenvalue weighted by molar-refractivity contribution is 5.30. The van der Waals surface area contributed by atoms with Crippen molar-refractivity contribution in [3.63, 3.8) is 0 Å². The van der Waals surface area contributed by atoms with Gasteiger partial charge in [0.15, 0.2) is 0 Å². The van der Waals surface area contributed by atoms with Gasteiger partial charge < -0.3 is 16.2 Å². The van der Waals surface area contributed by atoms with Crippen LogP contribution in [0.3, 0.4) is 0 Å². The second-order valence-electron chi connectivity index (χ2n) is 4.59. The number of nitrogens with two attached hydrogens (primary N) is 1. The van der Waals surface area contributed by atoms with E-state index in [2.05, 4.69) is 37.4 Å². The zero-order valence-corrected chi connectivity index (χ0v) is 10.9. The topological polar surface area (TPSA) is 58.3 Å². The van der Waals surface area contributed by atoms with E-state index in [0.29, 0.717) is 6.54 Å². The summed E-state index contributed by atoms with van der Waals surface area (Å²) in [6.45, 7) is 5.97. The standard InChI is InChI=1S/C14H24N2O/c1-11-7-12(2)9-13(8-11)14(10-15)16-5-3-4-6-17/h7-9,14,16-17H,3-6,10,15H2,1-2H3. The van der Waals surface area contributed by atoms with Crippen LogP contribution in [0.2, 0.25) is 0 Å². The van der Waals surface area contributed by atoms with Crippen molar-refractivity contribution in [2.75, 3.05) is 19.7 Å². The maximum atomic E-state index is 8.73. The molecule has 17 heavy (non-hydrogen) atoms. The lowest BCUT2D eigenvalue weighted by Gasteiger charge is -2.18. The molecule has 0 aliphatic carbocycles. The van der Waals surface area contributed by atoms with Crippen LogP contribution in [0.25, 0.3) is 0 Å². The lowest BCUT2D eigenvalue weighted by Crippen LogP contribution is -2.29. The molecule has 96 valence electrons. The Morgan fingerprint density at radius 2 is 1.82 bits per heavy atom. The first-order valence-corrected chi connectivity index (χ1v) is 6.30. The Balaban J connectivity index is 2.59. The summed E-state index contributed by atoms with van der Waals surface area (Å²) >= 11 is 0. The van der Waals surface area contributed by atoms with Gasteiger partial charge >= 0.3 is 0 Å². The lowest BCUT2D eigenvalue weighted by atomic mass is 10.0. The van der Waals surface area contributed by atoms with Gasteiger partial charge in [0.2, 0.25) is 0 Å². The quantitative estimate of drug-likeness (QED) is 0.631. The van der Waals surface area contributed by atoms with Crippen molar-refractivity contribution < 1.29 is 5.11 Å². The van der Waals surface area contributed by atoms with Gasteiger partial charge in [0.25, 0.3) is 0 Å². The van der Waals surface area contributed by atoms with E-state index in [1.54, 1.807) is 0 Å². The Morgan fingerprint density at radius 3 is 2.35 bits per heavy atom. The molecule has 0 aliphatic rings. The van der Waals surface area contributed by atoms with Crippen LogP contribution < -0.4 is 11.1 Å². The molecule has 0 aromatic heterocycles. The van der Waals surface area contributed by atoms with Gasteiger partial charge in [0.1, 0.15) is 0 Å². The minimum absolute atomic E-state index is 0.215. The number of aliphatic hydroxyl groups excluding tert-OH is 1. The number of nitrogens with one attached hydrogen (secondary N) is 1. The van der Waals surface area contributed by atoms with E-state index in [9.17, 15) is 0 Å². The van der Waals surface area contributed by atoms with Crippen molar-refractivity contribution in [3.8, 4) is 0 Å². The fourth-order valence-electron chi connectivity index (χ4n) is 2.06. The van der Waals surface area contributed by atoms with Crippen LogP contribution >= 0.6 is 0 Å². The molecule has 1 aromatic rings. The Bertz CT molecular complexity index is 319. The predicted molar refractivity (Wildman–Crippen MR) is 72.0 cm³/mol. The fourth-order valence-corrected chi connectivity index (χ4v) is 2.06. The van der Waals surface area contributed by atoms with Gasteiger partial charge in [-0.25, -0.2) is 0 Å². The summed E-state index contributed by atoms with van der Waals surface area (Å²) in [7, 11) is 0. The average molecular weight is 236 g/mol. The van der Waals surface area contributed by atoms with Crippen LogP contribution in [-0.2, 0) is 0 Å². The zero-order chi connectivity index (χ0) is 12.7. The van der Waals surface area contributed by atoms with Gasteiger partial charge in [-0.2, -0.15) is 0 Å². The van der Waals surface area contributed by atoms with E-state index in [0.717, 1.165) is 19.4 Å². The van der Waals surface area contributed by atoms with E-state index in [-0.39, 0.29) is 12.6 Å². The molecular formula is C14H24N2O. The second-order valence-corrected chi connectivity index (χ2v) is 4.59. The summed E-state index contributed by atoms with van der Waals surface area (Å²) in [5, 5.41) is 12.2. The average Bonchev–Trinajstić information content (AvgIpc) is 2.28. The Labute approximate surface area is 104 Å². The van der Waals surface area contributed by atoms with Crippen LogP contribution in [0.1, 0.15) is 35.6 Å². The summed E-state index contributed by atoms with van der Waals surface area (Å²) in [5.41, 5.74) is 9.61. The maximum absolute atomic E-state index is 8.73. The summed E-state index contributed by atoms with van der Waals surface area (Å²) < 4.78 is 0. The molecule has 0 spiro atoms. The Kier molecular flexibility index (Phi) is 6.19. The van der Waals surface area contributed by atoms with Crippen molar-refractivity contribution in [2.24, 2.45) is 5.73 Å². The van der Waals surface area contributed by atoms with E-state index in [1.165, 1.54) is 16.7 Å². The second kappa shape index (κ2) is 7.43.